The lowest BCUT2D eigenvalue weighted by molar-refractivity contribution is -0.124. The van der Waals surface area contributed by atoms with E-state index in [4.69, 9.17) is 5.21 Å². The van der Waals surface area contributed by atoms with Crippen molar-refractivity contribution >= 4 is 22.9 Å². The van der Waals surface area contributed by atoms with Gasteiger partial charge in [0.2, 0.25) is 0 Å². The van der Waals surface area contributed by atoms with Gasteiger partial charge in [0.05, 0.1) is 0 Å². The number of para-hydroxylation sites is 1. The van der Waals surface area contributed by atoms with Crippen molar-refractivity contribution in [2.75, 3.05) is 6.54 Å². The Morgan fingerprint density at radius 3 is 2.76 bits per heavy atom. The molecule has 1 saturated heterocycles. The number of carbonyl (C=O) groups is 1. The molecule has 0 bridgehead atoms. The Labute approximate surface area is 194 Å². The fraction of sp³-hybridized carbons (Fsp3) is 0.370. The number of hydrogen-bond acceptors (Lipinski definition) is 3. The maximum Gasteiger partial charge on any atom is 0.267 e. The van der Waals surface area contributed by atoms with Crippen LogP contribution in [0.2, 0.25) is 0 Å². The molecule has 1 aliphatic rings. The zero-order chi connectivity index (χ0) is 23.6. The number of hydroxylamine groups is 1. The maximum absolute atomic E-state index is 15.0. The maximum atomic E-state index is 15.0. The zero-order valence-corrected chi connectivity index (χ0v) is 19.5. The van der Waals surface area contributed by atoms with Gasteiger partial charge in [-0.1, -0.05) is 57.5 Å². The number of aromatic nitrogens is 1. The number of rotatable bonds is 5. The number of fused-ring (bicyclic) bond motifs is 1. The number of carbonyl (C=O) groups excluding carboxylic acids is 1. The number of halogens is 1. The van der Waals surface area contributed by atoms with Crippen molar-refractivity contribution in [3.8, 4) is 0 Å². The first kappa shape index (κ1) is 23.2. The van der Waals surface area contributed by atoms with Crippen LogP contribution >= 0.6 is 0 Å². The van der Waals surface area contributed by atoms with E-state index in [9.17, 15) is 9.18 Å². The predicted molar refractivity (Wildman–Crippen MR) is 129 cm³/mol. The van der Waals surface area contributed by atoms with E-state index in [1.165, 1.54) is 40.3 Å². The van der Waals surface area contributed by atoms with E-state index in [0.29, 0.717) is 17.7 Å². The Balaban J connectivity index is 1.66. The van der Waals surface area contributed by atoms with Gasteiger partial charge in [-0.05, 0) is 48.7 Å². The highest BCUT2D eigenvalue weighted by Gasteiger charge is 2.32. The highest BCUT2D eigenvalue weighted by atomic mass is 19.1. The molecule has 3 N–H and O–H groups in total. The molecule has 2 aromatic carbocycles. The molecule has 4 rings (SSSR count). The minimum Gasteiger partial charge on any atom is -0.358 e. The van der Waals surface area contributed by atoms with Crippen molar-refractivity contribution in [1.82, 2.24) is 15.4 Å². The Bertz CT molecular complexity index is 1180. The molecule has 2 heterocycles. The molecule has 0 aliphatic carbocycles. The van der Waals surface area contributed by atoms with Crippen molar-refractivity contribution in [1.29, 1.82) is 0 Å². The Morgan fingerprint density at radius 1 is 1.24 bits per heavy atom. The lowest BCUT2D eigenvalue weighted by Crippen LogP contribution is -2.34. The number of hydrogen-bond donors (Lipinski definition) is 3. The van der Waals surface area contributed by atoms with E-state index in [0.717, 1.165) is 31.3 Å². The smallest absolute Gasteiger partial charge is 0.267 e. The fourth-order valence-corrected chi connectivity index (χ4v) is 4.83. The molecule has 1 amide bonds. The summed E-state index contributed by atoms with van der Waals surface area (Å²) in [5, 5.41) is 9.85. The third kappa shape index (κ3) is 5.02. The number of nitrogens with one attached hydrogen (secondary N) is 2. The predicted octanol–water partition coefficient (Wildman–Crippen LogP) is 5.85. The van der Waals surface area contributed by atoms with E-state index < -0.39 is 5.91 Å². The fourth-order valence-electron chi connectivity index (χ4n) is 4.83. The van der Waals surface area contributed by atoms with Crippen molar-refractivity contribution < 1.29 is 14.4 Å². The number of likely N-dealkylation sites (tertiary alicyclic amines) is 1. The molecule has 33 heavy (non-hydrogen) atoms. The molecule has 5 nitrogen and oxygen atoms in total. The van der Waals surface area contributed by atoms with Crippen LogP contribution < -0.4 is 5.48 Å². The number of benzene rings is 2. The van der Waals surface area contributed by atoms with Crippen molar-refractivity contribution in [2.45, 2.75) is 58.0 Å². The molecular formula is C27H32FN3O2. The number of amides is 1. The largest absolute Gasteiger partial charge is 0.358 e. The average Bonchev–Trinajstić information content (AvgIpc) is 3.19. The van der Waals surface area contributed by atoms with Gasteiger partial charge in [-0.3, -0.25) is 14.9 Å². The summed E-state index contributed by atoms with van der Waals surface area (Å²) in [6, 6.07) is 13.7. The van der Waals surface area contributed by atoms with Gasteiger partial charge in [-0.2, -0.15) is 0 Å². The summed E-state index contributed by atoms with van der Waals surface area (Å²) in [5.41, 5.74) is 6.46. The van der Waals surface area contributed by atoms with Crippen molar-refractivity contribution in [3.05, 3.63) is 76.7 Å². The summed E-state index contributed by atoms with van der Waals surface area (Å²) in [6.07, 6.45) is 5.94. The van der Waals surface area contributed by atoms with Crippen LogP contribution in [0.15, 0.2) is 48.5 Å². The van der Waals surface area contributed by atoms with Crippen molar-refractivity contribution in [3.63, 3.8) is 0 Å². The first-order valence-corrected chi connectivity index (χ1v) is 11.5. The summed E-state index contributed by atoms with van der Waals surface area (Å²) in [5.74, 6) is -0.940. The van der Waals surface area contributed by atoms with Gasteiger partial charge >= 0.3 is 0 Å². The van der Waals surface area contributed by atoms with Crippen LogP contribution in [-0.2, 0) is 16.8 Å². The normalized spacial score (nSPS) is 17.7. The van der Waals surface area contributed by atoms with Gasteiger partial charge < -0.3 is 4.98 Å². The SMILES string of the molecule is CC(C)(C)c1[nH]c2ccccc2c1[C@@H]1CCCCN1Cc1ccc(/C=C/C(=O)NO)cc1F. The summed E-state index contributed by atoms with van der Waals surface area (Å²) in [4.78, 5) is 17.3. The number of nitrogens with zero attached hydrogens (tertiary/aromatic N) is 1. The highest BCUT2D eigenvalue weighted by Crippen LogP contribution is 2.42. The van der Waals surface area contributed by atoms with E-state index in [1.54, 1.807) is 12.1 Å². The van der Waals surface area contributed by atoms with Gasteiger partial charge in [-0.15, -0.1) is 0 Å². The first-order chi connectivity index (χ1) is 15.8. The zero-order valence-electron chi connectivity index (χ0n) is 19.5. The van der Waals surface area contributed by atoms with Crippen LogP contribution in [0.3, 0.4) is 0 Å². The quantitative estimate of drug-likeness (QED) is 0.260. The molecule has 1 aromatic heterocycles. The highest BCUT2D eigenvalue weighted by molar-refractivity contribution is 5.90. The van der Waals surface area contributed by atoms with Gasteiger partial charge in [0.1, 0.15) is 5.82 Å². The summed E-state index contributed by atoms with van der Waals surface area (Å²) < 4.78 is 15.0. The molecule has 0 spiro atoms. The van der Waals surface area contributed by atoms with Gasteiger partial charge in [-0.25, -0.2) is 9.87 Å². The summed E-state index contributed by atoms with van der Waals surface area (Å²) in [6.45, 7) is 8.15. The van der Waals surface area contributed by atoms with Crippen LogP contribution in [0.5, 0.6) is 0 Å². The monoisotopic (exact) mass is 449 g/mol. The van der Waals surface area contributed by atoms with E-state index in [1.807, 2.05) is 0 Å². The van der Waals surface area contributed by atoms with Crippen LogP contribution in [-0.4, -0.2) is 27.5 Å². The molecular weight excluding hydrogens is 417 g/mol. The van der Waals surface area contributed by atoms with Crippen LogP contribution in [0.4, 0.5) is 4.39 Å². The molecule has 1 fully saturated rings. The molecule has 1 atom stereocenters. The second-order valence-electron chi connectivity index (χ2n) is 9.85. The number of aromatic amines is 1. The van der Waals surface area contributed by atoms with E-state index in [-0.39, 0.29) is 17.3 Å². The average molecular weight is 450 g/mol. The second-order valence-corrected chi connectivity index (χ2v) is 9.85. The molecule has 3 aromatic rings. The minimum atomic E-state index is -0.649. The second kappa shape index (κ2) is 9.49. The Kier molecular flexibility index (Phi) is 6.68. The minimum absolute atomic E-state index is 0.0302. The van der Waals surface area contributed by atoms with Crippen molar-refractivity contribution in [2.24, 2.45) is 0 Å². The van der Waals surface area contributed by atoms with Crippen LogP contribution in [0.25, 0.3) is 17.0 Å². The molecule has 174 valence electrons. The molecule has 0 radical (unpaired) electrons. The topological polar surface area (TPSA) is 68.4 Å². The number of H-pyrrole nitrogens is 1. The van der Waals surface area contributed by atoms with E-state index >= 15 is 0 Å². The molecule has 1 aliphatic heterocycles. The Hall–Kier alpha value is -2.96. The van der Waals surface area contributed by atoms with Gasteiger partial charge in [0.25, 0.3) is 5.91 Å². The van der Waals surface area contributed by atoms with E-state index in [2.05, 4.69) is 54.9 Å². The van der Waals surface area contributed by atoms with Gasteiger partial charge in [0, 0.05) is 46.2 Å². The summed E-state index contributed by atoms with van der Waals surface area (Å²) >= 11 is 0. The van der Waals surface area contributed by atoms with Crippen LogP contribution in [0, 0.1) is 5.82 Å². The number of piperidine rings is 1. The lowest BCUT2D eigenvalue weighted by Gasteiger charge is -2.37. The Morgan fingerprint density at radius 2 is 2.03 bits per heavy atom. The third-order valence-electron chi connectivity index (χ3n) is 6.43. The first-order valence-electron chi connectivity index (χ1n) is 11.5. The molecule has 6 heteroatoms. The third-order valence-corrected chi connectivity index (χ3v) is 6.43. The standard InChI is InChI=1S/C27H32FN3O2/c1-27(2,3)26-25(20-8-4-5-9-22(20)29-26)23-10-6-7-15-31(23)17-19-13-11-18(16-21(19)28)12-14-24(32)30-33/h4-5,8-9,11-14,16,23,29,33H,6-7,10,15,17H2,1-3H3,(H,30,32)/b14-12+/t23-/m0/s1. The lowest BCUT2D eigenvalue weighted by atomic mass is 9.83. The molecule has 0 unspecified atom stereocenters. The summed E-state index contributed by atoms with van der Waals surface area (Å²) in [7, 11) is 0. The van der Waals surface area contributed by atoms with Crippen LogP contribution in [0.1, 0.15) is 68.5 Å². The van der Waals surface area contributed by atoms with Gasteiger partial charge in [0.15, 0.2) is 0 Å². The molecule has 0 saturated carbocycles.